The number of aryl methyl sites for hydroxylation is 2. The van der Waals surface area contributed by atoms with Gasteiger partial charge >= 0.3 is 5.97 Å². The van der Waals surface area contributed by atoms with Gasteiger partial charge in [0.1, 0.15) is 0 Å². The van der Waals surface area contributed by atoms with Crippen LogP contribution in [-0.2, 0) is 16.6 Å². The lowest BCUT2D eigenvalue weighted by molar-refractivity contribution is -0.137. The average molecular weight is 593 g/mol. The van der Waals surface area contributed by atoms with Crippen molar-refractivity contribution >= 4 is 22.8 Å². The molecule has 4 heterocycles. The molecule has 2 saturated heterocycles. The lowest BCUT2D eigenvalue weighted by Crippen LogP contribution is -2.46. The third-order valence-corrected chi connectivity index (χ3v) is 9.83. The van der Waals surface area contributed by atoms with E-state index >= 15 is 0 Å². The molecule has 230 valence electrons. The number of aromatic amines is 1. The molecule has 3 N–H and O–H groups in total. The van der Waals surface area contributed by atoms with E-state index in [4.69, 9.17) is 4.98 Å². The molecule has 1 amide bonds. The minimum atomic E-state index is -0.906. The molecule has 4 aromatic rings. The Hall–Kier alpha value is -3.97. The first-order chi connectivity index (χ1) is 21.0. The Balaban J connectivity index is 1.29. The number of hydrogen-bond acceptors (Lipinski definition) is 4. The molecular weight excluding hydrogens is 548 g/mol. The lowest BCUT2D eigenvalue weighted by Gasteiger charge is -2.32. The van der Waals surface area contributed by atoms with Gasteiger partial charge in [-0.3, -0.25) is 9.78 Å². The fraction of sp³-hybridized carbons (Fsp3) is 0.432. The molecule has 0 spiro atoms. The molecule has 6 rings (SSSR count). The highest BCUT2D eigenvalue weighted by atomic mass is 16.4. The number of carbonyl (C=O) groups excluding carboxylic acids is 1. The molecule has 2 fully saturated rings. The third-order valence-electron chi connectivity index (χ3n) is 9.83. The maximum absolute atomic E-state index is 14.0. The Bertz CT molecular complexity index is 1660. The standard InChI is InChI=1S/C37H44N4O3/c1-22-16-23(2)18-27(17-22)34-33(24(3)20-38-15-14-25-6-8-26(9-7-25)35(42)43)30-19-32(39-21-31(30)40-34)37(4,5)36(44)41-28-10-11-29(41)13-12-28/h6-9,16-19,21,24,28-29,38,40H,10-15,20H2,1-5H3,(H,42,43). The largest absolute Gasteiger partial charge is 0.478 e. The van der Waals surface area contributed by atoms with Crippen LogP contribution in [0.1, 0.15) is 90.7 Å². The average Bonchev–Trinajstić information content (AvgIpc) is 3.71. The van der Waals surface area contributed by atoms with Crippen molar-refractivity contribution in [3.05, 3.63) is 88.2 Å². The first-order valence-electron chi connectivity index (χ1n) is 16.0. The highest BCUT2D eigenvalue weighted by Gasteiger charge is 2.47. The maximum atomic E-state index is 14.0. The van der Waals surface area contributed by atoms with Crippen molar-refractivity contribution in [2.24, 2.45) is 0 Å². The summed E-state index contributed by atoms with van der Waals surface area (Å²) in [6.45, 7) is 12.1. The number of nitrogens with zero attached hydrogens (tertiary/aromatic N) is 2. The lowest BCUT2D eigenvalue weighted by atomic mass is 9.85. The second-order valence-electron chi connectivity index (χ2n) is 13.6. The number of aromatic carboxylic acids is 1. The van der Waals surface area contributed by atoms with Gasteiger partial charge in [-0.05, 0) is 119 Å². The number of carboxylic acids is 1. The molecule has 1 atom stereocenters. The summed E-state index contributed by atoms with van der Waals surface area (Å²) in [5.74, 6) is -0.527. The number of carbonyl (C=O) groups is 2. The number of H-pyrrole nitrogens is 1. The Labute approximate surface area is 260 Å². The minimum Gasteiger partial charge on any atom is -0.478 e. The Morgan fingerprint density at radius 1 is 1.02 bits per heavy atom. The summed E-state index contributed by atoms with van der Waals surface area (Å²) in [7, 11) is 0. The summed E-state index contributed by atoms with van der Waals surface area (Å²) < 4.78 is 0. The van der Waals surface area contributed by atoms with Crippen LogP contribution in [0.4, 0.5) is 0 Å². The molecule has 2 aliphatic heterocycles. The molecule has 1 unspecified atom stereocenters. The van der Waals surface area contributed by atoms with Crippen molar-refractivity contribution in [3.8, 4) is 11.3 Å². The van der Waals surface area contributed by atoms with Gasteiger partial charge in [-0.15, -0.1) is 0 Å². The van der Waals surface area contributed by atoms with Crippen LogP contribution in [0.15, 0.2) is 54.7 Å². The fourth-order valence-corrected chi connectivity index (χ4v) is 7.46. The second-order valence-corrected chi connectivity index (χ2v) is 13.6. The summed E-state index contributed by atoms with van der Waals surface area (Å²) >= 11 is 0. The van der Waals surface area contributed by atoms with E-state index in [1.807, 2.05) is 32.2 Å². The highest BCUT2D eigenvalue weighted by Crippen LogP contribution is 2.42. The zero-order valence-electron chi connectivity index (χ0n) is 26.5. The monoisotopic (exact) mass is 592 g/mol. The molecule has 2 aromatic heterocycles. The van der Waals surface area contributed by atoms with E-state index in [1.54, 1.807) is 12.1 Å². The van der Waals surface area contributed by atoms with E-state index in [1.165, 1.54) is 16.7 Å². The molecular formula is C37H44N4O3. The van der Waals surface area contributed by atoms with Gasteiger partial charge in [-0.1, -0.05) is 36.2 Å². The molecule has 44 heavy (non-hydrogen) atoms. The third kappa shape index (κ3) is 5.65. The van der Waals surface area contributed by atoms with Crippen molar-refractivity contribution in [1.29, 1.82) is 0 Å². The zero-order valence-corrected chi connectivity index (χ0v) is 26.5. The van der Waals surface area contributed by atoms with E-state index < -0.39 is 11.4 Å². The summed E-state index contributed by atoms with van der Waals surface area (Å²) in [4.78, 5) is 35.9. The summed E-state index contributed by atoms with van der Waals surface area (Å²) in [6, 6.07) is 16.7. The van der Waals surface area contributed by atoms with Crippen molar-refractivity contribution in [2.75, 3.05) is 13.1 Å². The number of hydrogen-bond donors (Lipinski definition) is 3. The number of nitrogens with one attached hydrogen (secondary N) is 2. The maximum Gasteiger partial charge on any atom is 0.335 e. The predicted octanol–water partition coefficient (Wildman–Crippen LogP) is 6.91. The Kier molecular flexibility index (Phi) is 8.10. The summed E-state index contributed by atoms with van der Waals surface area (Å²) in [5, 5.41) is 13.9. The zero-order chi connectivity index (χ0) is 31.2. The van der Waals surface area contributed by atoms with Crippen LogP contribution in [0.2, 0.25) is 0 Å². The van der Waals surface area contributed by atoms with E-state index in [0.717, 1.165) is 78.6 Å². The van der Waals surface area contributed by atoms with Crippen LogP contribution < -0.4 is 5.32 Å². The fourth-order valence-electron chi connectivity index (χ4n) is 7.46. The molecule has 0 saturated carbocycles. The van der Waals surface area contributed by atoms with Crippen molar-refractivity contribution < 1.29 is 14.7 Å². The first-order valence-corrected chi connectivity index (χ1v) is 16.0. The van der Waals surface area contributed by atoms with Gasteiger partial charge in [0.05, 0.1) is 34.1 Å². The summed E-state index contributed by atoms with van der Waals surface area (Å²) in [5.41, 5.74) is 8.42. The van der Waals surface area contributed by atoms with Crippen LogP contribution in [0.25, 0.3) is 22.2 Å². The molecule has 0 radical (unpaired) electrons. The van der Waals surface area contributed by atoms with Crippen LogP contribution in [-0.4, -0.2) is 57.0 Å². The van der Waals surface area contributed by atoms with E-state index in [2.05, 4.69) is 60.2 Å². The van der Waals surface area contributed by atoms with Crippen LogP contribution >= 0.6 is 0 Å². The van der Waals surface area contributed by atoms with Gasteiger partial charge in [0, 0.05) is 24.0 Å². The minimum absolute atomic E-state index is 0.178. The van der Waals surface area contributed by atoms with Gasteiger partial charge in [0.2, 0.25) is 5.91 Å². The van der Waals surface area contributed by atoms with Gasteiger partial charge < -0.3 is 20.3 Å². The molecule has 2 aliphatic rings. The molecule has 7 nitrogen and oxygen atoms in total. The van der Waals surface area contributed by atoms with E-state index in [0.29, 0.717) is 17.6 Å². The topological polar surface area (TPSA) is 98.3 Å². The van der Waals surface area contributed by atoms with E-state index in [-0.39, 0.29) is 11.8 Å². The number of rotatable bonds is 10. The SMILES string of the molecule is Cc1cc(C)cc(-c2[nH]c3cnc(C(C)(C)C(=O)N4C5CCC4CC5)cc3c2C(C)CNCCc2ccc(C(=O)O)cc2)c1. The first kappa shape index (κ1) is 30.1. The van der Waals surface area contributed by atoms with Crippen molar-refractivity contribution in [2.45, 2.75) is 90.1 Å². The quantitative estimate of drug-likeness (QED) is 0.174. The number of benzene rings is 2. The van der Waals surface area contributed by atoms with Crippen LogP contribution in [0, 0.1) is 13.8 Å². The normalized spacial score (nSPS) is 18.7. The molecule has 7 heteroatoms. The number of aromatic nitrogens is 2. The van der Waals surface area contributed by atoms with Gasteiger partial charge in [0.25, 0.3) is 0 Å². The van der Waals surface area contributed by atoms with Crippen molar-refractivity contribution in [3.63, 3.8) is 0 Å². The van der Waals surface area contributed by atoms with Gasteiger partial charge in [-0.2, -0.15) is 0 Å². The summed E-state index contributed by atoms with van der Waals surface area (Å²) in [6.07, 6.45) is 7.22. The van der Waals surface area contributed by atoms with Gasteiger partial charge in [-0.25, -0.2) is 4.79 Å². The number of amides is 1. The number of fused-ring (bicyclic) bond motifs is 3. The smallest absolute Gasteiger partial charge is 0.335 e. The van der Waals surface area contributed by atoms with Crippen LogP contribution in [0.5, 0.6) is 0 Å². The molecule has 2 aromatic carbocycles. The highest BCUT2D eigenvalue weighted by molar-refractivity contribution is 5.94. The predicted molar refractivity (Wildman–Crippen MR) is 175 cm³/mol. The van der Waals surface area contributed by atoms with Crippen molar-refractivity contribution in [1.82, 2.24) is 20.2 Å². The molecule has 0 aliphatic carbocycles. The Morgan fingerprint density at radius 3 is 2.27 bits per heavy atom. The number of carboxylic acid groups (broad SMARTS) is 1. The second kappa shape index (κ2) is 11.8. The Morgan fingerprint density at radius 2 is 1.66 bits per heavy atom. The number of pyridine rings is 1. The van der Waals surface area contributed by atoms with Crippen LogP contribution in [0.3, 0.4) is 0 Å². The molecule has 2 bridgehead atoms. The van der Waals surface area contributed by atoms with E-state index in [9.17, 15) is 14.7 Å². The van der Waals surface area contributed by atoms with Gasteiger partial charge in [0.15, 0.2) is 0 Å².